The number of carbonyl (C=O) groups is 2. The zero-order valence-electron chi connectivity index (χ0n) is 13.3. The van der Waals surface area contributed by atoms with E-state index in [1.165, 1.54) is 11.1 Å². The van der Waals surface area contributed by atoms with Gasteiger partial charge in [-0.1, -0.05) is 6.07 Å². The zero-order valence-corrected chi connectivity index (χ0v) is 13.3. The normalized spacial score (nSPS) is 17.7. The van der Waals surface area contributed by atoms with Crippen LogP contribution in [0.3, 0.4) is 0 Å². The van der Waals surface area contributed by atoms with Crippen LogP contribution < -0.4 is 15.4 Å². The predicted molar refractivity (Wildman–Crippen MR) is 84.8 cm³/mol. The molecule has 2 N–H and O–H groups in total. The van der Waals surface area contributed by atoms with Gasteiger partial charge in [-0.05, 0) is 49.9 Å². The standard InChI is InChI=1S/C17H24N2O3/c1-12-5-7-15(10-13(12)2)22-9-3-4-17(21)19-14-6-8-16(20)18-11-14/h5,7,10,14H,3-4,6,8-9,11H2,1-2H3,(H,18,20)(H,19,21)/t14-/m0/s1. The molecule has 1 aromatic carbocycles. The van der Waals surface area contributed by atoms with Gasteiger partial charge >= 0.3 is 0 Å². The van der Waals surface area contributed by atoms with Crippen LogP contribution >= 0.6 is 0 Å². The van der Waals surface area contributed by atoms with Crippen LogP contribution in [0.2, 0.25) is 0 Å². The Labute approximate surface area is 131 Å². The van der Waals surface area contributed by atoms with Crippen molar-refractivity contribution in [2.75, 3.05) is 13.2 Å². The Morgan fingerprint density at radius 1 is 1.36 bits per heavy atom. The number of rotatable bonds is 6. The average molecular weight is 304 g/mol. The summed E-state index contributed by atoms with van der Waals surface area (Å²) >= 11 is 0. The number of aryl methyl sites for hydroxylation is 2. The first-order chi connectivity index (χ1) is 10.5. The van der Waals surface area contributed by atoms with Crippen molar-refractivity contribution in [2.45, 2.75) is 45.6 Å². The lowest BCUT2D eigenvalue weighted by Gasteiger charge is -2.23. The molecule has 0 radical (unpaired) electrons. The molecule has 22 heavy (non-hydrogen) atoms. The van der Waals surface area contributed by atoms with Gasteiger partial charge < -0.3 is 15.4 Å². The Balaban J connectivity index is 1.62. The van der Waals surface area contributed by atoms with E-state index in [1.807, 2.05) is 18.2 Å². The van der Waals surface area contributed by atoms with Gasteiger partial charge in [-0.2, -0.15) is 0 Å². The third-order valence-corrected chi connectivity index (χ3v) is 3.93. The van der Waals surface area contributed by atoms with Crippen molar-refractivity contribution in [3.8, 4) is 5.75 Å². The third kappa shape index (κ3) is 5.06. The summed E-state index contributed by atoms with van der Waals surface area (Å²) in [7, 11) is 0. The van der Waals surface area contributed by atoms with Crippen LogP contribution in [0.1, 0.15) is 36.8 Å². The smallest absolute Gasteiger partial charge is 0.220 e. The first kappa shape index (κ1) is 16.3. The van der Waals surface area contributed by atoms with Crippen LogP contribution in [0.5, 0.6) is 5.75 Å². The molecule has 5 nitrogen and oxygen atoms in total. The molecule has 0 spiro atoms. The van der Waals surface area contributed by atoms with Crippen molar-refractivity contribution in [1.82, 2.24) is 10.6 Å². The van der Waals surface area contributed by atoms with E-state index in [1.54, 1.807) is 0 Å². The second-order valence-electron chi connectivity index (χ2n) is 5.81. The molecular formula is C17H24N2O3. The number of carbonyl (C=O) groups excluding carboxylic acids is 2. The van der Waals surface area contributed by atoms with Gasteiger partial charge in [-0.25, -0.2) is 0 Å². The van der Waals surface area contributed by atoms with Crippen molar-refractivity contribution >= 4 is 11.8 Å². The van der Waals surface area contributed by atoms with Crippen LogP contribution in [0.25, 0.3) is 0 Å². The zero-order chi connectivity index (χ0) is 15.9. The maximum Gasteiger partial charge on any atom is 0.220 e. The van der Waals surface area contributed by atoms with E-state index < -0.39 is 0 Å². The molecule has 0 aromatic heterocycles. The van der Waals surface area contributed by atoms with E-state index in [4.69, 9.17) is 4.74 Å². The highest BCUT2D eigenvalue weighted by Crippen LogP contribution is 2.16. The number of benzene rings is 1. The fraction of sp³-hybridized carbons (Fsp3) is 0.529. The highest BCUT2D eigenvalue weighted by Gasteiger charge is 2.19. The molecule has 0 unspecified atom stereocenters. The molecule has 5 heteroatoms. The topological polar surface area (TPSA) is 67.4 Å². The maximum absolute atomic E-state index is 11.8. The van der Waals surface area contributed by atoms with Crippen molar-refractivity contribution < 1.29 is 14.3 Å². The lowest BCUT2D eigenvalue weighted by Crippen LogP contribution is -2.47. The van der Waals surface area contributed by atoms with Crippen molar-refractivity contribution in [3.05, 3.63) is 29.3 Å². The van der Waals surface area contributed by atoms with Crippen LogP contribution in [-0.2, 0) is 9.59 Å². The summed E-state index contributed by atoms with van der Waals surface area (Å²) in [6.07, 6.45) is 2.32. The van der Waals surface area contributed by atoms with Crippen LogP contribution in [-0.4, -0.2) is 31.0 Å². The molecule has 1 saturated heterocycles. The summed E-state index contributed by atoms with van der Waals surface area (Å²) in [5.41, 5.74) is 2.45. The molecule has 120 valence electrons. The second kappa shape index (κ2) is 7.82. The molecular weight excluding hydrogens is 280 g/mol. The highest BCUT2D eigenvalue weighted by atomic mass is 16.5. The second-order valence-corrected chi connectivity index (χ2v) is 5.81. The van der Waals surface area contributed by atoms with Gasteiger partial charge in [0.25, 0.3) is 0 Å². The molecule has 0 bridgehead atoms. The Kier molecular flexibility index (Phi) is 5.81. The minimum Gasteiger partial charge on any atom is -0.494 e. The summed E-state index contributed by atoms with van der Waals surface area (Å²) in [6.45, 7) is 5.18. The molecule has 2 amide bonds. The van der Waals surface area contributed by atoms with E-state index in [0.29, 0.717) is 32.4 Å². The van der Waals surface area contributed by atoms with Gasteiger partial charge in [0.05, 0.1) is 6.61 Å². The Morgan fingerprint density at radius 2 is 2.18 bits per heavy atom. The van der Waals surface area contributed by atoms with Crippen molar-refractivity contribution in [3.63, 3.8) is 0 Å². The molecule has 1 aromatic rings. The van der Waals surface area contributed by atoms with Crippen LogP contribution in [0.15, 0.2) is 18.2 Å². The fourth-order valence-corrected chi connectivity index (χ4v) is 2.38. The molecule has 1 fully saturated rings. The Bertz CT molecular complexity index is 533. The minimum atomic E-state index is 0.0184. The van der Waals surface area contributed by atoms with Crippen LogP contribution in [0, 0.1) is 13.8 Å². The fourth-order valence-electron chi connectivity index (χ4n) is 2.38. The third-order valence-electron chi connectivity index (χ3n) is 3.93. The lowest BCUT2D eigenvalue weighted by molar-refractivity contribution is -0.125. The number of nitrogens with one attached hydrogen (secondary N) is 2. The number of amides is 2. The molecule has 0 aliphatic carbocycles. The highest BCUT2D eigenvalue weighted by molar-refractivity contribution is 5.78. The van der Waals surface area contributed by atoms with Gasteiger partial charge in [0.1, 0.15) is 5.75 Å². The summed E-state index contributed by atoms with van der Waals surface area (Å²) in [4.78, 5) is 22.9. The Hall–Kier alpha value is -2.04. The first-order valence-corrected chi connectivity index (χ1v) is 7.80. The molecule has 1 heterocycles. The molecule has 1 atom stereocenters. The van der Waals surface area contributed by atoms with Gasteiger partial charge in [-0.15, -0.1) is 0 Å². The molecule has 0 saturated carbocycles. The lowest BCUT2D eigenvalue weighted by atomic mass is 10.1. The first-order valence-electron chi connectivity index (χ1n) is 7.80. The van der Waals surface area contributed by atoms with Gasteiger partial charge in [0.2, 0.25) is 11.8 Å². The van der Waals surface area contributed by atoms with Crippen molar-refractivity contribution in [1.29, 1.82) is 0 Å². The van der Waals surface area contributed by atoms with Crippen LogP contribution in [0.4, 0.5) is 0 Å². The summed E-state index contributed by atoms with van der Waals surface area (Å²) in [5, 5.41) is 5.70. The van der Waals surface area contributed by atoms with Gasteiger partial charge in [-0.3, -0.25) is 9.59 Å². The van der Waals surface area contributed by atoms with E-state index >= 15 is 0 Å². The number of ether oxygens (including phenoxy) is 1. The average Bonchev–Trinajstić information content (AvgIpc) is 2.49. The van der Waals surface area contributed by atoms with Gasteiger partial charge in [0, 0.05) is 25.4 Å². The maximum atomic E-state index is 11.8. The molecule has 1 aliphatic rings. The SMILES string of the molecule is Cc1ccc(OCCCC(=O)N[C@H]2CCC(=O)NC2)cc1C. The molecule has 2 rings (SSSR count). The summed E-state index contributed by atoms with van der Waals surface area (Å²) in [5.74, 6) is 0.927. The number of hydrogen-bond acceptors (Lipinski definition) is 3. The largest absolute Gasteiger partial charge is 0.494 e. The summed E-state index contributed by atoms with van der Waals surface area (Å²) < 4.78 is 5.66. The Morgan fingerprint density at radius 3 is 2.86 bits per heavy atom. The van der Waals surface area contributed by atoms with E-state index in [9.17, 15) is 9.59 Å². The quantitative estimate of drug-likeness (QED) is 0.788. The van der Waals surface area contributed by atoms with E-state index in [0.717, 1.165) is 12.2 Å². The molecule has 1 aliphatic heterocycles. The van der Waals surface area contributed by atoms with Gasteiger partial charge in [0.15, 0.2) is 0 Å². The van der Waals surface area contributed by atoms with Crippen molar-refractivity contribution in [2.24, 2.45) is 0 Å². The minimum absolute atomic E-state index is 0.0184. The van der Waals surface area contributed by atoms with E-state index in [2.05, 4.69) is 24.5 Å². The summed E-state index contributed by atoms with van der Waals surface area (Å²) in [6, 6.07) is 6.06. The number of piperidine rings is 1. The predicted octanol–water partition coefficient (Wildman–Crippen LogP) is 1.86. The monoisotopic (exact) mass is 304 g/mol. The van der Waals surface area contributed by atoms with E-state index in [-0.39, 0.29) is 17.9 Å². The number of hydrogen-bond donors (Lipinski definition) is 2.